The number of methoxy groups -OCH3 is 1. The standard InChI is InChI=1S/C14H21NO3/c1-12(16)13-6-4-5-7-14(13)18-11-9-15(2)8-10-17-3/h4-7H,8-11H2,1-3H3. The highest BCUT2D eigenvalue weighted by molar-refractivity contribution is 5.96. The van der Waals surface area contributed by atoms with E-state index in [2.05, 4.69) is 4.90 Å². The van der Waals surface area contributed by atoms with Gasteiger partial charge in [0, 0.05) is 20.2 Å². The fourth-order valence-corrected chi connectivity index (χ4v) is 1.55. The predicted octanol–water partition coefficient (Wildman–Crippen LogP) is 1.85. The molecule has 1 aromatic carbocycles. The van der Waals surface area contributed by atoms with Gasteiger partial charge in [-0.2, -0.15) is 0 Å². The minimum atomic E-state index is 0.0262. The summed E-state index contributed by atoms with van der Waals surface area (Å²) in [7, 11) is 3.70. The molecule has 0 spiro atoms. The van der Waals surface area contributed by atoms with Crippen LogP contribution in [0.3, 0.4) is 0 Å². The maximum absolute atomic E-state index is 11.4. The Balaban J connectivity index is 2.41. The van der Waals surface area contributed by atoms with Crippen molar-refractivity contribution < 1.29 is 14.3 Å². The second kappa shape index (κ2) is 7.84. The lowest BCUT2D eigenvalue weighted by Crippen LogP contribution is -2.27. The number of ether oxygens (including phenoxy) is 2. The summed E-state index contributed by atoms with van der Waals surface area (Å²) >= 11 is 0. The molecule has 0 amide bonds. The summed E-state index contributed by atoms with van der Waals surface area (Å²) in [5.41, 5.74) is 0.636. The van der Waals surface area contributed by atoms with E-state index < -0.39 is 0 Å². The number of carbonyl (C=O) groups excluding carboxylic acids is 1. The molecule has 0 saturated carbocycles. The summed E-state index contributed by atoms with van der Waals surface area (Å²) in [6.07, 6.45) is 0. The van der Waals surface area contributed by atoms with Gasteiger partial charge in [-0.1, -0.05) is 12.1 Å². The number of Topliss-reactive ketones (excluding diaryl/α,β-unsaturated/α-hetero) is 1. The first-order valence-electron chi connectivity index (χ1n) is 6.05. The van der Waals surface area contributed by atoms with Crippen LogP contribution >= 0.6 is 0 Å². The number of nitrogens with zero attached hydrogens (tertiary/aromatic N) is 1. The van der Waals surface area contributed by atoms with Gasteiger partial charge >= 0.3 is 0 Å². The van der Waals surface area contributed by atoms with Crippen LogP contribution in [0.5, 0.6) is 5.75 Å². The topological polar surface area (TPSA) is 38.8 Å². The zero-order valence-corrected chi connectivity index (χ0v) is 11.3. The molecule has 0 fully saturated rings. The first kappa shape index (κ1) is 14.7. The van der Waals surface area contributed by atoms with Crippen molar-refractivity contribution in [3.63, 3.8) is 0 Å². The molecular weight excluding hydrogens is 230 g/mol. The molecule has 0 saturated heterocycles. The lowest BCUT2D eigenvalue weighted by molar-refractivity contribution is 0.101. The summed E-state index contributed by atoms with van der Waals surface area (Å²) in [5, 5.41) is 0. The van der Waals surface area contributed by atoms with E-state index in [1.165, 1.54) is 0 Å². The molecule has 0 heterocycles. The monoisotopic (exact) mass is 251 g/mol. The number of hydrogen-bond donors (Lipinski definition) is 0. The van der Waals surface area contributed by atoms with Crippen LogP contribution in [-0.4, -0.2) is 51.1 Å². The third-order valence-electron chi connectivity index (χ3n) is 2.67. The molecule has 0 aromatic heterocycles. The van der Waals surface area contributed by atoms with Crippen LogP contribution < -0.4 is 4.74 Å². The predicted molar refractivity (Wildman–Crippen MR) is 71.3 cm³/mol. The van der Waals surface area contributed by atoms with Crippen LogP contribution in [0, 0.1) is 0 Å². The molecule has 0 aliphatic rings. The van der Waals surface area contributed by atoms with Crippen LogP contribution in [-0.2, 0) is 4.74 Å². The maximum atomic E-state index is 11.4. The van der Waals surface area contributed by atoms with E-state index in [-0.39, 0.29) is 5.78 Å². The van der Waals surface area contributed by atoms with Crippen LogP contribution in [0.15, 0.2) is 24.3 Å². The summed E-state index contributed by atoms with van der Waals surface area (Å²) in [6, 6.07) is 7.32. The Morgan fingerprint density at radius 3 is 2.56 bits per heavy atom. The van der Waals surface area contributed by atoms with Gasteiger partial charge in [0.2, 0.25) is 0 Å². The highest BCUT2D eigenvalue weighted by atomic mass is 16.5. The Labute approximate surface area is 108 Å². The summed E-state index contributed by atoms with van der Waals surface area (Å²) in [6.45, 7) is 4.49. The van der Waals surface area contributed by atoms with E-state index in [9.17, 15) is 4.79 Å². The Kier molecular flexibility index (Phi) is 6.39. The molecular formula is C14H21NO3. The van der Waals surface area contributed by atoms with Crippen molar-refractivity contribution >= 4 is 5.78 Å². The maximum Gasteiger partial charge on any atom is 0.163 e. The minimum Gasteiger partial charge on any atom is -0.491 e. The van der Waals surface area contributed by atoms with E-state index in [1.54, 1.807) is 20.1 Å². The van der Waals surface area contributed by atoms with Crippen LogP contribution in [0.25, 0.3) is 0 Å². The SMILES string of the molecule is COCCN(C)CCOc1ccccc1C(C)=O. The van der Waals surface area contributed by atoms with Gasteiger partial charge in [0.05, 0.1) is 12.2 Å². The molecule has 4 heteroatoms. The molecule has 0 atom stereocenters. The summed E-state index contributed by atoms with van der Waals surface area (Å²) in [5.74, 6) is 0.684. The van der Waals surface area contributed by atoms with Crippen molar-refractivity contribution in [2.75, 3.05) is 40.5 Å². The van der Waals surface area contributed by atoms with E-state index >= 15 is 0 Å². The average molecular weight is 251 g/mol. The molecule has 1 aromatic rings. The molecule has 1 rings (SSSR count). The minimum absolute atomic E-state index is 0.0262. The number of carbonyl (C=O) groups is 1. The van der Waals surface area contributed by atoms with E-state index in [0.717, 1.165) is 13.1 Å². The molecule has 0 N–H and O–H groups in total. The quantitative estimate of drug-likeness (QED) is 0.661. The summed E-state index contributed by atoms with van der Waals surface area (Å²) < 4.78 is 10.6. The van der Waals surface area contributed by atoms with Crippen molar-refractivity contribution in [1.29, 1.82) is 0 Å². The average Bonchev–Trinajstić information content (AvgIpc) is 2.36. The fraction of sp³-hybridized carbons (Fsp3) is 0.500. The molecule has 18 heavy (non-hydrogen) atoms. The van der Waals surface area contributed by atoms with Gasteiger partial charge in [-0.25, -0.2) is 0 Å². The van der Waals surface area contributed by atoms with Crippen LogP contribution in [0.4, 0.5) is 0 Å². The Bertz CT molecular complexity index is 379. The molecule has 4 nitrogen and oxygen atoms in total. The Hall–Kier alpha value is -1.39. The van der Waals surface area contributed by atoms with Crippen molar-refractivity contribution in [3.8, 4) is 5.75 Å². The van der Waals surface area contributed by atoms with Crippen molar-refractivity contribution in [1.82, 2.24) is 4.90 Å². The number of para-hydroxylation sites is 1. The van der Waals surface area contributed by atoms with Crippen LogP contribution in [0.1, 0.15) is 17.3 Å². The van der Waals surface area contributed by atoms with Crippen molar-refractivity contribution in [3.05, 3.63) is 29.8 Å². The third kappa shape index (κ3) is 4.85. The van der Waals surface area contributed by atoms with Gasteiger partial charge in [0.25, 0.3) is 0 Å². The number of likely N-dealkylation sites (N-methyl/N-ethyl adjacent to an activating group) is 1. The molecule has 0 bridgehead atoms. The normalized spacial score (nSPS) is 10.7. The summed E-state index contributed by atoms with van der Waals surface area (Å²) in [4.78, 5) is 13.5. The van der Waals surface area contributed by atoms with Gasteiger partial charge in [-0.15, -0.1) is 0 Å². The van der Waals surface area contributed by atoms with Gasteiger partial charge in [-0.05, 0) is 26.1 Å². The first-order valence-corrected chi connectivity index (χ1v) is 6.05. The highest BCUT2D eigenvalue weighted by Gasteiger charge is 2.07. The number of rotatable bonds is 8. The second-order valence-electron chi connectivity index (χ2n) is 4.20. The zero-order chi connectivity index (χ0) is 13.4. The number of ketones is 1. The lowest BCUT2D eigenvalue weighted by atomic mass is 10.1. The van der Waals surface area contributed by atoms with E-state index in [4.69, 9.17) is 9.47 Å². The number of benzene rings is 1. The smallest absolute Gasteiger partial charge is 0.163 e. The van der Waals surface area contributed by atoms with Gasteiger partial charge in [0.1, 0.15) is 12.4 Å². The van der Waals surface area contributed by atoms with Gasteiger partial charge in [-0.3, -0.25) is 4.79 Å². The zero-order valence-electron chi connectivity index (χ0n) is 11.3. The lowest BCUT2D eigenvalue weighted by Gasteiger charge is -2.17. The first-order chi connectivity index (χ1) is 8.65. The molecule has 0 unspecified atom stereocenters. The van der Waals surface area contributed by atoms with Gasteiger partial charge < -0.3 is 14.4 Å². The highest BCUT2D eigenvalue weighted by Crippen LogP contribution is 2.18. The van der Waals surface area contributed by atoms with Gasteiger partial charge in [0.15, 0.2) is 5.78 Å². The largest absolute Gasteiger partial charge is 0.491 e. The molecule has 0 aliphatic heterocycles. The molecule has 100 valence electrons. The van der Waals surface area contributed by atoms with Crippen LogP contribution in [0.2, 0.25) is 0 Å². The molecule has 0 radical (unpaired) electrons. The molecule has 0 aliphatic carbocycles. The fourth-order valence-electron chi connectivity index (χ4n) is 1.55. The Morgan fingerprint density at radius 1 is 1.22 bits per heavy atom. The van der Waals surface area contributed by atoms with Crippen molar-refractivity contribution in [2.45, 2.75) is 6.92 Å². The Morgan fingerprint density at radius 2 is 1.89 bits per heavy atom. The van der Waals surface area contributed by atoms with Crippen molar-refractivity contribution in [2.24, 2.45) is 0 Å². The van der Waals surface area contributed by atoms with E-state index in [0.29, 0.717) is 24.5 Å². The number of hydrogen-bond acceptors (Lipinski definition) is 4. The second-order valence-corrected chi connectivity index (χ2v) is 4.20. The van der Waals surface area contributed by atoms with E-state index in [1.807, 2.05) is 25.2 Å². The third-order valence-corrected chi connectivity index (χ3v) is 2.67.